The Bertz CT molecular complexity index is 568. The third kappa shape index (κ3) is 2.78. The van der Waals surface area contributed by atoms with Gasteiger partial charge in [-0.2, -0.15) is 4.31 Å². The monoisotopic (exact) mass is 318 g/mol. The van der Waals surface area contributed by atoms with Crippen molar-refractivity contribution < 1.29 is 13.2 Å². The van der Waals surface area contributed by atoms with Gasteiger partial charge in [-0.25, -0.2) is 8.42 Å². The number of sulfonamides is 1. The molecule has 1 fully saturated rings. The Labute approximate surface area is 124 Å². The van der Waals surface area contributed by atoms with E-state index in [1.807, 2.05) is 12.3 Å². The molecule has 1 saturated heterocycles. The van der Waals surface area contributed by atoms with Crippen molar-refractivity contribution in [3.8, 4) is 0 Å². The van der Waals surface area contributed by atoms with E-state index < -0.39 is 10.0 Å². The second-order valence-corrected chi connectivity index (χ2v) is 8.12. The van der Waals surface area contributed by atoms with Crippen molar-refractivity contribution in [3.63, 3.8) is 0 Å². The zero-order valence-corrected chi connectivity index (χ0v) is 13.8. The van der Waals surface area contributed by atoms with Gasteiger partial charge in [0, 0.05) is 31.6 Å². The minimum Gasteiger partial charge on any atom is -0.380 e. The second-order valence-electron chi connectivity index (χ2n) is 5.28. The van der Waals surface area contributed by atoms with Gasteiger partial charge < -0.3 is 10.5 Å². The molecule has 2 rings (SSSR count). The fraction of sp³-hybridized carbons (Fsp3) is 0.692. The van der Waals surface area contributed by atoms with Crippen LogP contribution in [-0.4, -0.2) is 39.0 Å². The van der Waals surface area contributed by atoms with Gasteiger partial charge in [0.25, 0.3) is 0 Å². The fourth-order valence-electron chi connectivity index (χ4n) is 2.63. The molecular weight excluding hydrogens is 296 g/mol. The van der Waals surface area contributed by atoms with Crippen molar-refractivity contribution in [2.45, 2.75) is 37.8 Å². The van der Waals surface area contributed by atoms with Crippen molar-refractivity contribution >= 4 is 21.4 Å². The Morgan fingerprint density at radius 2 is 2.25 bits per heavy atom. The van der Waals surface area contributed by atoms with E-state index >= 15 is 0 Å². The Morgan fingerprint density at radius 1 is 1.55 bits per heavy atom. The number of piperidine rings is 1. The Hall–Kier alpha value is -0.470. The van der Waals surface area contributed by atoms with Gasteiger partial charge in [-0.15, -0.1) is 11.3 Å². The molecule has 7 heteroatoms. The van der Waals surface area contributed by atoms with Crippen LogP contribution >= 0.6 is 11.3 Å². The number of hydrogen-bond donors (Lipinski definition) is 1. The van der Waals surface area contributed by atoms with Crippen LogP contribution in [0.1, 0.15) is 23.8 Å². The van der Waals surface area contributed by atoms with Gasteiger partial charge in [0.05, 0.1) is 6.10 Å². The highest BCUT2D eigenvalue weighted by atomic mass is 32.2. The summed E-state index contributed by atoms with van der Waals surface area (Å²) in [5.41, 5.74) is 6.45. The number of hydrogen-bond acceptors (Lipinski definition) is 5. The highest BCUT2D eigenvalue weighted by Crippen LogP contribution is 2.32. The lowest BCUT2D eigenvalue weighted by Crippen LogP contribution is -2.46. The highest BCUT2D eigenvalue weighted by Gasteiger charge is 2.35. The summed E-state index contributed by atoms with van der Waals surface area (Å²) < 4.78 is 32.6. The minimum absolute atomic E-state index is 0.0428. The Kier molecular flexibility index (Phi) is 4.86. The second kappa shape index (κ2) is 6.11. The minimum atomic E-state index is -3.47. The number of thiophene rings is 1. The predicted molar refractivity (Wildman–Crippen MR) is 80.3 cm³/mol. The maximum absolute atomic E-state index is 12.8. The summed E-state index contributed by atoms with van der Waals surface area (Å²) in [7, 11) is -1.84. The molecule has 0 aromatic carbocycles. The summed E-state index contributed by atoms with van der Waals surface area (Å²) in [6, 6.07) is 0. The van der Waals surface area contributed by atoms with Crippen LogP contribution in [-0.2, 0) is 21.3 Å². The first-order valence-corrected chi connectivity index (χ1v) is 9.03. The molecule has 0 aliphatic carbocycles. The van der Waals surface area contributed by atoms with Crippen LogP contribution in [0.3, 0.4) is 0 Å². The average molecular weight is 318 g/mol. The largest absolute Gasteiger partial charge is 0.380 e. The molecular formula is C13H22N2O3S2. The van der Waals surface area contributed by atoms with E-state index in [1.165, 1.54) is 15.6 Å². The molecule has 2 heterocycles. The molecule has 0 spiro atoms. The smallest absolute Gasteiger partial charge is 0.244 e. The quantitative estimate of drug-likeness (QED) is 0.914. The highest BCUT2D eigenvalue weighted by molar-refractivity contribution is 7.89. The number of ether oxygens (including phenoxy) is 1. The Morgan fingerprint density at radius 3 is 2.85 bits per heavy atom. The zero-order chi connectivity index (χ0) is 14.9. The van der Waals surface area contributed by atoms with E-state index in [1.54, 1.807) is 7.11 Å². The van der Waals surface area contributed by atoms with Crippen molar-refractivity contribution in [2.24, 2.45) is 11.7 Å². The summed E-state index contributed by atoms with van der Waals surface area (Å²) in [4.78, 5) is 1.13. The number of methoxy groups -OCH3 is 1. The van der Waals surface area contributed by atoms with E-state index in [9.17, 15) is 8.42 Å². The molecule has 114 valence electrons. The number of rotatable bonds is 4. The van der Waals surface area contributed by atoms with Gasteiger partial charge in [0.1, 0.15) is 4.90 Å². The maximum Gasteiger partial charge on any atom is 0.244 e. The normalized spacial score (nSPS) is 25.0. The molecule has 0 amide bonds. The SMILES string of the molecule is COC1CN(S(=O)(=O)c2c(C)csc2CN)CCC1C. The fourth-order valence-corrected chi connectivity index (χ4v) is 5.75. The first kappa shape index (κ1) is 15.9. The maximum atomic E-state index is 12.8. The van der Waals surface area contributed by atoms with E-state index in [-0.39, 0.29) is 12.6 Å². The lowest BCUT2D eigenvalue weighted by atomic mass is 9.97. The van der Waals surface area contributed by atoms with E-state index in [4.69, 9.17) is 10.5 Å². The van der Waals surface area contributed by atoms with Gasteiger partial charge in [0.2, 0.25) is 10.0 Å². The topological polar surface area (TPSA) is 72.6 Å². The standard InChI is InChI=1S/C13H22N2O3S2/c1-9-4-5-15(7-11(9)18-3)20(16,17)13-10(2)8-19-12(13)6-14/h8-9,11H,4-7,14H2,1-3H3. The van der Waals surface area contributed by atoms with E-state index in [0.29, 0.717) is 23.9 Å². The lowest BCUT2D eigenvalue weighted by molar-refractivity contribution is 0.0183. The van der Waals surface area contributed by atoms with Gasteiger partial charge in [-0.3, -0.25) is 0 Å². The first-order valence-electron chi connectivity index (χ1n) is 6.71. The molecule has 1 aromatic heterocycles. The molecule has 0 bridgehead atoms. The number of nitrogens with zero attached hydrogens (tertiary/aromatic N) is 1. The molecule has 1 aliphatic rings. The first-order chi connectivity index (χ1) is 9.41. The molecule has 20 heavy (non-hydrogen) atoms. The third-order valence-electron chi connectivity index (χ3n) is 3.93. The summed E-state index contributed by atoms with van der Waals surface area (Å²) >= 11 is 1.41. The van der Waals surface area contributed by atoms with Gasteiger partial charge in [0.15, 0.2) is 0 Å². The number of nitrogens with two attached hydrogens (primary N) is 1. The molecule has 2 unspecified atom stereocenters. The van der Waals surface area contributed by atoms with Crippen LogP contribution in [0, 0.1) is 12.8 Å². The van der Waals surface area contributed by atoms with Crippen molar-refractivity contribution in [1.82, 2.24) is 4.31 Å². The molecule has 5 nitrogen and oxygen atoms in total. The van der Waals surface area contributed by atoms with Crippen LogP contribution in [0.5, 0.6) is 0 Å². The van der Waals surface area contributed by atoms with Gasteiger partial charge in [-0.1, -0.05) is 6.92 Å². The van der Waals surface area contributed by atoms with E-state index in [2.05, 4.69) is 6.92 Å². The van der Waals surface area contributed by atoms with Crippen LogP contribution in [0.4, 0.5) is 0 Å². The number of aryl methyl sites for hydroxylation is 1. The molecule has 0 radical (unpaired) electrons. The van der Waals surface area contributed by atoms with Crippen molar-refractivity contribution in [2.75, 3.05) is 20.2 Å². The van der Waals surface area contributed by atoms with Gasteiger partial charge >= 0.3 is 0 Å². The molecule has 1 aliphatic heterocycles. The lowest BCUT2D eigenvalue weighted by Gasteiger charge is -2.35. The van der Waals surface area contributed by atoms with Crippen molar-refractivity contribution in [1.29, 1.82) is 0 Å². The van der Waals surface area contributed by atoms with Crippen molar-refractivity contribution in [3.05, 3.63) is 15.8 Å². The Balaban J connectivity index is 2.33. The summed E-state index contributed by atoms with van der Waals surface area (Å²) in [6.45, 7) is 5.13. The summed E-state index contributed by atoms with van der Waals surface area (Å²) in [5, 5.41) is 1.86. The molecule has 0 saturated carbocycles. The van der Waals surface area contributed by atoms with Crippen LogP contribution in [0.15, 0.2) is 10.3 Å². The average Bonchev–Trinajstić information content (AvgIpc) is 2.80. The molecule has 2 atom stereocenters. The van der Waals surface area contributed by atoms with Crippen LogP contribution < -0.4 is 5.73 Å². The van der Waals surface area contributed by atoms with Crippen LogP contribution in [0.2, 0.25) is 0 Å². The van der Waals surface area contributed by atoms with Gasteiger partial charge in [-0.05, 0) is 30.2 Å². The summed E-state index contributed by atoms with van der Waals surface area (Å²) in [6.07, 6.45) is 0.776. The predicted octanol–water partition coefficient (Wildman–Crippen LogP) is 1.56. The third-order valence-corrected chi connectivity index (χ3v) is 7.28. The van der Waals surface area contributed by atoms with E-state index in [0.717, 1.165) is 16.9 Å². The zero-order valence-electron chi connectivity index (χ0n) is 12.1. The molecule has 2 N–H and O–H groups in total. The molecule has 1 aromatic rings. The summed E-state index contributed by atoms with van der Waals surface area (Å²) in [5.74, 6) is 0.379. The van der Waals surface area contributed by atoms with Crippen LogP contribution in [0.25, 0.3) is 0 Å².